The van der Waals surface area contributed by atoms with Crippen molar-refractivity contribution in [2.24, 2.45) is 0 Å². The number of halogens is 3. The van der Waals surface area contributed by atoms with Crippen LogP contribution in [0, 0.1) is 0 Å². The molecule has 0 N–H and O–H groups in total. The minimum absolute atomic E-state index is 0.0414. The van der Waals surface area contributed by atoms with Crippen LogP contribution in [0.3, 0.4) is 0 Å². The monoisotopic (exact) mass is 368 g/mol. The van der Waals surface area contributed by atoms with E-state index in [-0.39, 0.29) is 11.1 Å². The van der Waals surface area contributed by atoms with Gasteiger partial charge >= 0.3 is 5.92 Å². The molecule has 3 aromatic rings. The average Bonchev–Trinajstić information content (AvgIpc) is 2.67. The van der Waals surface area contributed by atoms with Crippen molar-refractivity contribution in [3.05, 3.63) is 113 Å². The molecule has 0 aromatic heterocycles. The molecule has 130 valence electrons. The molecule has 0 spiro atoms. The van der Waals surface area contributed by atoms with Crippen LogP contribution in [0.25, 0.3) is 5.57 Å². The lowest BCUT2D eigenvalue weighted by Crippen LogP contribution is -2.26. The third-order valence-electron chi connectivity index (χ3n) is 3.91. The van der Waals surface area contributed by atoms with Gasteiger partial charge in [-0.2, -0.15) is 8.78 Å². The molecule has 0 unspecified atom stereocenters. The highest BCUT2D eigenvalue weighted by molar-refractivity contribution is 6.32. The number of allylic oxidation sites excluding steroid dienone is 1. The van der Waals surface area contributed by atoms with Gasteiger partial charge < -0.3 is 0 Å². The molecule has 0 radical (unpaired) electrons. The number of carbonyl (C=O) groups is 1. The lowest BCUT2D eigenvalue weighted by atomic mass is 9.94. The molecule has 0 atom stereocenters. The van der Waals surface area contributed by atoms with Crippen LogP contribution < -0.4 is 0 Å². The molecule has 3 rings (SSSR count). The van der Waals surface area contributed by atoms with Crippen molar-refractivity contribution in [1.29, 1.82) is 0 Å². The summed E-state index contributed by atoms with van der Waals surface area (Å²) >= 11 is 6.22. The van der Waals surface area contributed by atoms with Crippen molar-refractivity contribution in [2.75, 3.05) is 0 Å². The van der Waals surface area contributed by atoms with Crippen LogP contribution in [0.15, 0.2) is 91.0 Å². The summed E-state index contributed by atoms with van der Waals surface area (Å²) < 4.78 is 29.6. The van der Waals surface area contributed by atoms with Crippen molar-refractivity contribution in [3.63, 3.8) is 0 Å². The Labute approximate surface area is 155 Å². The molecule has 0 amide bonds. The number of hydrogen-bond donors (Lipinski definition) is 0. The van der Waals surface area contributed by atoms with Gasteiger partial charge in [-0.15, -0.1) is 0 Å². The second kappa shape index (κ2) is 7.63. The lowest BCUT2D eigenvalue weighted by Gasteiger charge is -2.16. The molecule has 3 aromatic carbocycles. The Balaban J connectivity index is 2.12. The predicted octanol–water partition coefficient (Wildman–Crippen LogP) is 6.29. The van der Waals surface area contributed by atoms with E-state index in [4.69, 9.17) is 11.6 Å². The standard InChI is InChI=1S/C22H15ClF2O/c23-20-14-8-7-13-18(20)19(16-9-3-1-4-10-16)15-22(24,25)21(26)17-11-5-2-6-12-17/h1-15H/b19-15-. The summed E-state index contributed by atoms with van der Waals surface area (Å²) in [6.07, 6.45) is 0.693. The number of alkyl halides is 2. The molecule has 0 aliphatic rings. The first-order valence-electron chi connectivity index (χ1n) is 8.00. The highest BCUT2D eigenvalue weighted by Crippen LogP contribution is 2.34. The molecule has 0 saturated heterocycles. The fourth-order valence-electron chi connectivity index (χ4n) is 2.64. The Kier molecular flexibility index (Phi) is 5.29. The van der Waals surface area contributed by atoms with Gasteiger partial charge in [-0.05, 0) is 17.2 Å². The van der Waals surface area contributed by atoms with Gasteiger partial charge in [0.15, 0.2) is 0 Å². The van der Waals surface area contributed by atoms with Crippen LogP contribution in [-0.2, 0) is 0 Å². The summed E-state index contributed by atoms with van der Waals surface area (Å²) in [5.41, 5.74) is 1.17. The average molecular weight is 369 g/mol. The van der Waals surface area contributed by atoms with E-state index in [1.165, 1.54) is 12.1 Å². The molecular formula is C22H15ClF2O. The van der Waals surface area contributed by atoms with Crippen LogP contribution in [0.1, 0.15) is 21.5 Å². The van der Waals surface area contributed by atoms with Crippen LogP contribution in [0.2, 0.25) is 5.02 Å². The summed E-state index contributed by atoms with van der Waals surface area (Å²) in [4.78, 5) is 12.3. The van der Waals surface area contributed by atoms with E-state index in [1.54, 1.807) is 72.8 Å². The Bertz CT molecular complexity index is 935. The van der Waals surface area contributed by atoms with Gasteiger partial charge in [0.25, 0.3) is 0 Å². The van der Waals surface area contributed by atoms with Gasteiger partial charge in [-0.1, -0.05) is 90.5 Å². The van der Waals surface area contributed by atoms with Gasteiger partial charge in [0.1, 0.15) is 0 Å². The zero-order valence-electron chi connectivity index (χ0n) is 13.7. The number of carbonyl (C=O) groups excluding carboxylic acids is 1. The second-order valence-corrected chi connectivity index (χ2v) is 6.13. The summed E-state index contributed by atoms with van der Waals surface area (Å²) in [5.74, 6) is -4.93. The third-order valence-corrected chi connectivity index (χ3v) is 4.24. The number of ketones is 1. The molecule has 0 bridgehead atoms. The van der Waals surface area contributed by atoms with Gasteiger partial charge in [0.05, 0.1) is 0 Å². The first-order valence-corrected chi connectivity index (χ1v) is 8.38. The predicted molar refractivity (Wildman–Crippen MR) is 101 cm³/mol. The van der Waals surface area contributed by atoms with Crippen LogP contribution >= 0.6 is 11.6 Å². The van der Waals surface area contributed by atoms with Crippen molar-refractivity contribution >= 4 is 23.0 Å². The maximum absolute atomic E-state index is 14.8. The maximum atomic E-state index is 14.8. The van der Waals surface area contributed by atoms with Gasteiger partial charge in [-0.3, -0.25) is 4.79 Å². The largest absolute Gasteiger partial charge is 0.329 e. The molecule has 0 fully saturated rings. The Morgan fingerprint density at radius 2 is 1.27 bits per heavy atom. The number of Topliss-reactive ketones (excluding diaryl/α,β-unsaturated/α-hetero) is 1. The van der Waals surface area contributed by atoms with Crippen molar-refractivity contribution < 1.29 is 13.6 Å². The fourth-order valence-corrected chi connectivity index (χ4v) is 2.88. The SMILES string of the molecule is O=C(c1ccccc1)C(F)(F)/C=C(/c1ccccc1)c1ccccc1Cl. The molecule has 0 aliphatic heterocycles. The molecule has 0 saturated carbocycles. The zero-order valence-corrected chi connectivity index (χ0v) is 14.5. The first-order chi connectivity index (χ1) is 12.5. The van der Waals surface area contributed by atoms with E-state index >= 15 is 0 Å². The van der Waals surface area contributed by atoms with E-state index in [0.29, 0.717) is 22.2 Å². The summed E-state index contributed by atoms with van der Waals surface area (Å²) in [5, 5.41) is 0.338. The summed E-state index contributed by atoms with van der Waals surface area (Å²) in [7, 11) is 0. The molecule has 4 heteroatoms. The Morgan fingerprint density at radius 1 is 0.769 bits per heavy atom. The van der Waals surface area contributed by atoms with Crippen LogP contribution in [-0.4, -0.2) is 11.7 Å². The van der Waals surface area contributed by atoms with E-state index in [1.807, 2.05) is 0 Å². The topological polar surface area (TPSA) is 17.1 Å². The van der Waals surface area contributed by atoms with Crippen molar-refractivity contribution in [2.45, 2.75) is 5.92 Å². The zero-order chi connectivity index (χ0) is 18.6. The normalized spacial score (nSPS) is 12.0. The smallest absolute Gasteiger partial charge is 0.287 e. The highest BCUT2D eigenvalue weighted by atomic mass is 35.5. The molecule has 0 heterocycles. The van der Waals surface area contributed by atoms with E-state index in [2.05, 4.69) is 0 Å². The Hall–Kier alpha value is -2.78. The fraction of sp³-hybridized carbons (Fsp3) is 0.0455. The molecule has 26 heavy (non-hydrogen) atoms. The van der Waals surface area contributed by atoms with E-state index < -0.39 is 11.7 Å². The van der Waals surface area contributed by atoms with Crippen molar-refractivity contribution in [1.82, 2.24) is 0 Å². The van der Waals surface area contributed by atoms with Gasteiger partial charge in [0.2, 0.25) is 5.78 Å². The third kappa shape index (κ3) is 3.89. The molecule has 1 nitrogen and oxygen atoms in total. The van der Waals surface area contributed by atoms with Crippen molar-refractivity contribution in [3.8, 4) is 0 Å². The van der Waals surface area contributed by atoms with Crippen LogP contribution in [0.4, 0.5) is 8.78 Å². The van der Waals surface area contributed by atoms with Gasteiger partial charge in [0, 0.05) is 22.2 Å². The number of benzene rings is 3. The summed E-state index contributed by atoms with van der Waals surface area (Å²) in [6.45, 7) is 0. The Morgan fingerprint density at radius 3 is 1.85 bits per heavy atom. The minimum atomic E-state index is -3.67. The lowest BCUT2D eigenvalue weighted by molar-refractivity contribution is 0.0384. The van der Waals surface area contributed by atoms with Crippen LogP contribution in [0.5, 0.6) is 0 Å². The number of rotatable bonds is 5. The first kappa shape index (κ1) is 18.0. The summed E-state index contributed by atoms with van der Waals surface area (Å²) in [6, 6.07) is 23.0. The molecular weight excluding hydrogens is 354 g/mol. The second-order valence-electron chi connectivity index (χ2n) is 5.72. The van der Waals surface area contributed by atoms with Gasteiger partial charge in [-0.25, -0.2) is 0 Å². The number of hydrogen-bond acceptors (Lipinski definition) is 1. The highest BCUT2D eigenvalue weighted by Gasteiger charge is 2.37. The quantitative estimate of drug-likeness (QED) is 0.484. The minimum Gasteiger partial charge on any atom is -0.287 e. The van der Waals surface area contributed by atoms with E-state index in [0.717, 1.165) is 0 Å². The maximum Gasteiger partial charge on any atom is 0.329 e. The molecule has 0 aliphatic carbocycles. The van der Waals surface area contributed by atoms with E-state index in [9.17, 15) is 13.6 Å².